The van der Waals surface area contributed by atoms with Crippen molar-refractivity contribution in [2.75, 3.05) is 13.7 Å². The van der Waals surface area contributed by atoms with Gasteiger partial charge in [0.05, 0.1) is 6.33 Å². The summed E-state index contributed by atoms with van der Waals surface area (Å²) in [7, 11) is 4.68. The van der Waals surface area contributed by atoms with Crippen molar-refractivity contribution < 1.29 is 14.3 Å². The van der Waals surface area contributed by atoms with Gasteiger partial charge in [-0.2, -0.15) is 11.3 Å². The van der Waals surface area contributed by atoms with Crippen LogP contribution in [0, 0.1) is 0 Å². The van der Waals surface area contributed by atoms with Crippen LogP contribution in [0.2, 0.25) is 0 Å². The van der Waals surface area contributed by atoms with E-state index in [1.165, 1.54) is 38.7 Å². The van der Waals surface area contributed by atoms with E-state index in [0.717, 1.165) is 10.1 Å². The summed E-state index contributed by atoms with van der Waals surface area (Å²) in [5.74, 6) is -1.24. The Hall–Kier alpha value is -3.21. The first-order valence-corrected chi connectivity index (χ1v) is 9.25. The van der Waals surface area contributed by atoms with Gasteiger partial charge in [-0.05, 0) is 22.4 Å². The molecule has 0 saturated heterocycles. The molecule has 0 bridgehead atoms. The minimum atomic E-state index is -0.849. The molecule has 0 radical (unpaired) electrons. The van der Waals surface area contributed by atoms with Gasteiger partial charge in [-0.3, -0.25) is 19.0 Å². The number of hydrogen-bond acceptors (Lipinski definition) is 7. The monoisotopic (exact) mass is 405 g/mol. The zero-order chi connectivity index (χ0) is 20.4. The Morgan fingerprint density at radius 2 is 2.04 bits per heavy atom. The Bertz CT molecular complexity index is 1140. The molecule has 10 nitrogen and oxygen atoms in total. The average molecular weight is 405 g/mol. The summed E-state index contributed by atoms with van der Waals surface area (Å²) in [6, 6.07) is 1.90. The number of imidazole rings is 1. The number of hydrogen-bond donors (Lipinski definition) is 0. The molecular weight excluding hydrogens is 386 g/mol. The molecule has 28 heavy (non-hydrogen) atoms. The minimum absolute atomic E-state index is 0.196. The molecule has 1 amide bonds. The molecule has 3 rings (SSSR count). The van der Waals surface area contributed by atoms with Gasteiger partial charge in [0.15, 0.2) is 17.8 Å². The van der Waals surface area contributed by atoms with Crippen molar-refractivity contribution in [2.24, 2.45) is 14.1 Å². The number of amides is 1. The van der Waals surface area contributed by atoms with Gasteiger partial charge in [0.25, 0.3) is 11.5 Å². The Morgan fingerprint density at radius 1 is 1.29 bits per heavy atom. The summed E-state index contributed by atoms with van der Waals surface area (Å²) >= 11 is 1.53. The smallest absolute Gasteiger partial charge is 0.333 e. The number of carbonyl (C=O) groups excluding carboxylic acids is 2. The number of ether oxygens (including phenoxy) is 1. The molecule has 3 aromatic heterocycles. The van der Waals surface area contributed by atoms with E-state index in [1.807, 2.05) is 16.8 Å². The number of fused-ring (bicyclic) bond motifs is 1. The van der Waals surface area contributed by atoms with Crippen LogP contribution in [-0.4, -0.2) is 49.1 Å². The second-order valence-electron chi connectivity index (χ2n) is 6.30. The Kier molecular flexibility index (Phi) is 5.45. The number of likely N-dealkylation sites (N-methyl/N-ethyl adjacent to an activating group) is 1. The van der Waals surface area contributed by atoms with Crippen molar-refractivity contribution in [3.63, 3.8) is 0 Å². The van der Waals surface area contributed by atoms with Crippen LogP contribution < -0.4 is 11.2 Å². The highest BCUT2D eigenvalue weighted by molar-refractivity contribution is 7.07. The summed E-state index contributed by atoms with van der Waals surface area (Å²) in [5.41, 5.74) is 0.0746. The average Bonchev–Trinajstić information content (AvgIpc) is 3.31. The van der Waals surface area contributed by atoms with E-state index in [1.54, 1.807) is 14.1 Å². The lowest BCUT2D eigenvalue weighted by molar-refractivity contribution is -0.152. The van der Waals surface area contributed by atoms with Crippen molar-refractivity contribution in [2.45, 2.75) is 13.1 Å². The van der Waals surface area contributed by atoms with Crippen molar-refractivity contribution in [3.05, 3.63) is 49.6 Å². The van der Waals surface area contributed by atoms with Crippen LogP contribution in [0.4, 0.5) is 0 Å². The van der Waals surface area contributed by atoms with Crippen molar-refractivity contribution in [1.29, 1.82) is 0 Å². The van der Waals surface area contributed by atoms with Crippen LogP contribution in [0.1, 0.15) is 5.56 Å². The van der Waals surface area contributed by atoms with Crippen molar-refractivity contribution in [3.8, 4) is 0 Å². The predicted octanol–water partition coefficient (Wildman–Crippen LogP) is -0.303. The first kappa shape index (κ1) is 19.5. The van der Waals surface area contributed by atoms with Crippen LogP contribution in [-0.2, 0) is 41.5 Å². The number of aromatic nitrogens is 4. The fourth-order valence-corrected chi connectivity index (χ4v) is 3.37. The highest BCUT2D eigenvalue weighted by Gasteiger charge is 2.19. The van der Waals surface area contributed by atoms with E-state index in [4.69, 9.17) is 4.74 Å². The van der Waals surface area contributed by atoms with Gasteiger partial charge in [-0.1, -0.05) is 0 Å². The second-order valence-corrected chi connectivity index (χ2v) is 7.08. The third-order valence-electron chi connectivity index (χ3n) is 4.27. The summed E-state index contributed by atoms with van der Waals surface area (Å²) in [6.45, 7) is -0.659. The molecule has 0 aliphatic carbocycles. The van der Waals surface area contributed by atoms with E-state index in [9.17, 15) is 19.2 Å². The molecule has 0 unspecified atom stereocenters. The van der Waals surface area contributed by atoms with E-state index < -0.39 is 30.4 Å². The van der Waals surface area contributed by atoms with Gasteiger partial charge in [0.1, 0.15) is 6.54 Å². The molecule has 0 aliphatic heterocycles. The molecule has 3 aromatic rings. The van der Waals surface area contributed by atoms with Gasteiger partial charge >= 0.3 is 11.7 Å². The quantitative estimate of drug-likeness (QED) is 0.521. The lowest BCUT2D eigenvalue weighted by atomic mass is 10.3. The maximum absolute atomic E-state index is 12.5. The summed E-state index contributed by atoms with van der Waals surface area (Å²) in [5, 5.41) is 3.83. The van der Waals surface area contributed by atoms with Crippen LogP contribution in [0.25, 0.3) is 11.2 Å². The maximum Gasteiger partial charge on any atom is 0.333 e. The fourth-order valence-electron chi connectivity index (χ4n) is 2.71. The van der Waals surface area contributed by atoms with Crippen LogP contribution in [0.5, 0.6) is 0 Å². The lowest BCUT2D eigenvalue weighted by Crippen LogP contribution is -2.42. The molecule has 0 saturated carbocycles. The Labute approximate surface area is 163 Å². The molecule has 3 heterocycles. The highest BCUT2D eigenvalue weighted by atomic mass is 32.1. The van der Waals surface area contributed by atoms with Gasteiger partial charge in [-0.15, -0.1) is 0 Å². The molecule has 0 N–H and O–H groups in total. The second kappa shape index (κ2) is 7.80. The Morgan fingerprint density at radius 3 is 2.71 bits per heavy atom. The zero-order valence-corrected chi connectivity index (χ0v) is 16.4. The topological polar surface area (TPSA) is 108 Å². The Balaban J connectivity index is 1.68. The number of thiophene rings is 1. The molecule has 0 fully saturated rings. The van der Waals surface area contributed by atoms with Gasteiger partial charge in [-0.25, -0.2) is 14.3 Å². The third kappa shape index (κ3) is 3.74. The number of rotatable bonds is 6. The van der Waals surface area contributed by atoms with Crippen LogP contribution in [0.15, 0.2) is 32.7 Å². The summed E-state index contributed by atoms with van der Waals surface area (Å²) < 4.78 is 8.39. The molecule has 0 spiro atoms. The van der Waals surface area contributed by atoms with E-state index in [0.29, 0.717) is 6.54 Å². The predicted molar refractivity (Wildman–Crippen MR) is 102 cm³/mol. The first-order valence-electron chi connectivity index (χ1n) is 8.31. The molecule has 148 valence electrons. The number of nitrogens with zero attached hydrogens (tertiary/aromatic N) is 5. The van der Waals surface area contributed by atoms with Gasteiger partial charge in [0.2, 0.25) is 0 Å². The van der Waals surface area contributed by atoms with Gasteiger partial charge in [0, 0.05) is 27.7 Å². The number of esters is 1. The standard InChI is InChI=1S/C17H19N5O5S/c1-19(6-11-4-5-28-9-11)12(23)8-27-13(24)7-22-16(25)14-15(18-10-20(14)2)21(3)17(22)26/h4-5,9-10H,6-8H2,1-3H3. The summed E-state index contributed by atoms with van der Waals surface area (Å²) in [4.78, 5) is 54.6. The van der Waals surface area contributed by atoms with Crippen molar-refractivity contribution >= 4 is 34.4 Å². The highest BCUT2D eigenvalue weighted by Crippen LogP contribution is 2.08. The van der Waals surface area contributed by atoms with Gasteiger partial charge < -0.3 is 14.2 Å². The molecule has 0 aromatic carbocycles. The third-order valence-corrected chi connectivity index (χ3v) is 5.00. The zero-order valence-electron chi connectivity index (χ0n) is 15.6. The minimum Gasteiger partial charge on any atom is -0.454 e. The fraction of sp³-hybridized carbons (Fsp3) is 0.353. The maximum atomic E-state index is 12.5. The summed E-state index contributed by atoms with van der Waals surface area (Å²) in [6.07, 6.45) is 1.41. The number of aryl methyl sites for hydroxylation is 2. The van der Waals surface area contributed by atoms with E-state index >= 15 is 0 Å². The molecular formula is C17H19N5O5S. The van der Waals surface area contributed by atoms with E-state index in [2.05, 4.69) is 4.98 Å². The molecule has 11 heteroatoms. The normalized spacial score (nSPS) is 11.0. The molecule has 0 aliphatic rings. The lowest BCUT2D eigenvalue weighted by Gasteiger charge is -2.16. The van der Waals surface area contributed by atoms with Crippen LogP contribution >= 0.6 is 11.3 Å². The first-order chi connectivity index (χ1) is 13.3. The van der Waals surface area contributed by atoms with Crippen molar-refractivity contribution in [1.82, 2.24) is 23.6 Å². The molecule has 0 atom stereocenters. The van der Waals surface area contributed by atoms with E-state index in [-0.39, 0.29) is 17.1 Å². The number of carbonyl (C=O) groups is 2. The largest absolute Gasteiger partial charge is 0.454 e. The SMILES string of the molecule is CN(Cc1ccsc1)C(=O)COC(=O)Cn1c(=O)c2c(ncn2C)n(C)c1=O. The van der Waals surface area contributed by atoms with Crippen LogP contribution in [0.3, 0.4) is 0 Å².